The Balaban J connectivity index is 1.56. The summed E-state index contributed by atoms with van der Waals surface area (Å²) in [4.78, 5) is 15.0. The van der Waals surface area contributed by atoms with Gasteiger partial charge in [-0.3, -0.25) is 9.69 Å². The van der Waals surface area contributed by atoms with Gasteiger partial charge in [0.15, 0.2) is 11.5 Å². The second-order valence-corrected chi connectivity index (χ2v) is 7.09. The molecule has 0 atom stereocenters. The van der Waals surface area contributed by atoms with Crippen molar-refractivity contribution >= 4 is 5.91 Å². The maximum atomic E-state index is 12.6. The lowest BCUT2D eigenvalue weighted by molar-refractivity contribution is 0.0941. The first-order chi connectivity index (χ1) is 13.6. The number of hydrogen-bond donors (Lipinski definition) is 1. The highest BCUT2D eigenvalue weighted by Crippen LogP contribution is 2.26. The number of carbonyl (C=O) groups excluding carboxylic acids is 1. The molecule has 1 aliphatic rings. The molecule has 1 amide bonds. The molecular weight excluding hydrogens is 356 g/mol. The summed E-state index contributed by atoms with van der Waals surface area (Å²) < 4.78 is 6.90. The number of benzene rings is 1. The van der Waals surface area contributed by atoms with Crippen molar-refractivity contribution in [2.24, 2.45) is 0 Å². The number of carbonyl (C=O) groups is 1. The van der Waals surface area contributed by atoms with Gasteiger partial charge in [0.2, 0.25) is 0 Å². The van der Waals surface area contributed by atoms with E-state index in [9.17, 15) is 4.79 Å². The predicted molar refractivity (Wildman–Crippen MR) is 103 cm³/mol. The lowest BCUT2D eigenvalue weighted by Gasteiger charge is -2.29. The summed E-state index contributed by atoms with van der Waals surface area (Å²) >= 11 is 0. The van der Waals surface area contributed by atoms with E-state index in [0.717, 1.165) is 43.1 Å². The Hall–Kier alpha value is -3.00. The van der Waals surface area contributed by atoms with Crippen LogP contribution in [0.3, 0.4) is 0 Å². The molecule has 1 aromatic carbocycles. The highest BCUT2D eigenvalue weighted by atomic mass is 16.5. The highest BCUT2D eigenvalue weighted by Gasteiger charge is 2.22. The zero-order valence-corrected chi connectivity index (χ0v) is 16.4. The number of amides is 1. The van der Waals surface area contributed by atoms with Gasteiger partial charge < -0.3 is 9.84 Å². The number of hydrogen-bond acceptors (Lipinski definition) is 6. The number of fused-ring (bicyclic) bond motifs is 1. The molecule has 4 rings (SSSR count). The van der Waals surface area contributed by atoms with Crippen molar-refractivity contribution in [1.29, 1.82) is 0 Å². The van der Waals surface area contributed by atoms with Crippen LogP contribution in [0.2, 0.25) is 0 Å². The van der Waals surface area contributed by atoms with Crippen molar-refractivity contribution in [3.05, 3.63) is 58.2 Å². The second kappa shape index (κ2) is 7.55. The highest BCUT2D eigenvalue weighted by molar-refractivity contribution is 5.93. The van der Waals surface area contributed by atoms with Gasteiger partial charge in [-0.2, -0.15) is 0 Å². The molecule has 3 heterocycles. The molecule has 2 aromatic heterocycles. The number of aryl methyl sites for hydroxylation is 1. The molecule has 0 spiro atoms. The summed E-state index contributed by atoms with van der Waals surface area (Å²) in [6.45, 7) is 9.16. The van der Waals surface area contributed by atoms with Crippen LogP contribution in [-0.4, -0.2) is 44.0 Å². The molecule has 0 unspecified atom stereocenters. The molecule has 3 aromatic rings. The molecule has 0 bridgehead atoms. The summed E-state index contributed by atoms with van der Waals surface area (Å²) in [6, 6.07) is 8.04. The molecule has 0 saturated heterocycles. The van der Waals surface area contributed by atoms with E-state index in [1.807, 2.05) is 26.0 Å². The van der Waals surface area contributed by atoms with E-state index in [1.165, 1.54) is 11.1 Å². The average molecular weight is 380 g/mol. The van der Waals surface area contributed by atoms with Crippen LogP contribution in [0.4, 0.5) is 0 Å². The van der Waals surface area contributed by atoms with E-state index in [0.29, 0.717) is 11.5 Å². The second-order valence-electron chi connectivity index (χ2n) is 7.09. The lowest BCUT2D eigenvalue weighted by atomic mass is 9.97. The summed E-state index contributed by atoms with van der Waals surface area (Å²) in [6.07, 6.45) is 0.963. The van der Waals surface area contributed by atoms with Crippen LogP contribution < -0.4 is 5.32 Å². The first kappa shape index (κ1) is 18.4. The fourth-order valence-electron chi connectivity index (χ4n) is 3.63. The van der Waals surface area contributed by atoms with Gasteiger partial charge in [0, 0.05) is 19.2 Å². The molecule has 1 N–H and O–H groups in total. The molecule has 1 aliphatic heterocycles. The Morgan fingerprint density at radius 1 is 1.32 bits per heavy atom. The van der Waals surface area contributed by atoms with E-state index >= 15 is 0 Å². The van der Waals surface area contributed by atoms with Gasteiger partial charge in [-0.15, -0.1) is 5.10 Å². The summed E-state index contributed by atoms with van der Waals surface area (Å²) in [5.74, 6) is 0.327. The number of nitrogens with zero attached hydrogens (tertiary/aromatic N) is 5. The number of rotatable bonds is 5. The molecule has 0 fully saturated rings. The zero-order valence-electron chi connectivity index (χ0n) is 16.4. The van der Waals surface area contributed by atoms with Gasteiger partial charge in [0.1, 0.15) is 0 Å². The van der Waals surface area contributed by atoms with E-state index in [-0.39, 0.29) is 12.5 Å². The molecule has 8 heteroatoms. The largest absolute Gasteiger partial charge is 0.359 e. The number of likely N-dealkylation sites (N-methyl/N-ethyl adjacent to an activating group) is 1. The zero-order chi connectivity index (χ0) is 19.7. The quantitative estimate of drug-likeness (QED) is 0.730. The van der Waals surface area contributed by atoms with Gasteiger partial charge in [-0.25, -0.2) is 4.68 Å². The molecular formula is C20H24N6O2. The molecule has 0 aliphatic carbocycles. The Morgan fingerprint density at radius 3 is 2.93 bits per heavy atom. The summed E-state index contributed by atoms with van der Waals surface area (Å²) in [5.41, 5.74) is 5.42. The van der Waals surface area contributed by atoms with Crippen molar-refractivity contribution in [3.8, 4) is 5.69 Å². The maximum absolute atomic E-state index is 12.6. The smallest absolute Gasteiger partial charge is 0.274 e. The predicted octanol–water partition coefficient (Wildman–Crippen LogP) is 2.18. The average Bonchev–Trinajstić information content (AvgIpc) is 3.30. The van der Waals surface area contributed by atoms with Crippen molar-refractivity contribution < 1.29 is 9.32 Å². The minimum absolute atomic E-state index is 0.263. The summed E-state index contributed by atoms with van der Waals surface area (Å²) in [7, 11) is 0. The van der Waals surface area contributed by atoms with E-state index in [1.54, 1.807) is 10.7 Å². The summed E-state index contributed by atoms with van der Waals surface area (Å²) in [5, 5.41) is 15.0. The van der Waals surface area contributed by atoms with Crippen molar-refractivity contribution in [1.82, 2.24) is 30.4 Å². The van der Waals surface area contributed by atoms with E-state index in [4.69, 9.17) is 4.52 Å². The molecule has 8 nitrogen and oxygen atoms in total. The van der Waals surface area contributed by atoms with Crippen molar-refractivity contribution in [2.45, 2.75) is 40.3 Å². The van der Waals surface area contributed by atoms with Crippen LogP contribution in [0.25, 0.3) is 5.69 Å². The number of aromatic nitrogens is 4. The monoisotopic (exact) mass is 380 g/mol. The topological polar surface area (TPSA) is 89.1 Å². The van der Waals surface area contributed by atoms with Crippen LogP contribution >= 0.6 is 0 Å². The van der Waals surface area contributed by atoms with Crippen LogP contribution in [0.1, 0.15) is 45.7 Å². The molecule has 0 saturated carbocycles. The molecule has 28 heavy (non-hydrogen) atoms. The normalized spacial score (nSPS) is 14.1. The van der Waals surface area contributed by atoms with Crippen molar-refractivity contribution in [3.63, 3.8) is 0 Å². The third-order valence-electron chi connectivity index (χ3n) is 5.21. The van der Waals surface area contributed by atoms with Gasteiger partial charge in [-0.05, 0) is 44.0 Å². The fraction of sp³-hybridized carbons (Fsp3) is 0.400. The minimum Gasteiger partial charge on any atom is -0.359 e. The fourth-order valence-corrected chi connectivity index (χ4v) is 3.63. The standard InChI is InChI=1S/C20H24N6O2/c1-4-25-9-8-17-15(12-25)6-5-7-18(17)26-14(3)19(22-24-26)20(27)21-11-16-10-13(2)23-28-16/h5-7,10H,4,8-9,11-12H2,1-3H3,(H,21,27). The Labute approximate surface area is 163 Å². The van der Waals surface area contributed by atoms with Gasteiger partial charge in [0.25, 0.3) is 5.91 Å². The van der Waals surface area contributed by atoms with E-state index < -0.39 is 0 Å². The first-order valence-electron chi connectivity index (χ1n) is 9.53. The Kier molecular flexibility index (Phi) is 4.95. The minimum atomic E-state index is -0.278. The lowest BCUT2D eigenvalue weighted by Crippen LogP contribution is -2.31. The third-order valence-corrected chi connectivity index (χ3v) is 5.21. The molecule has 0 radical (unpaired) electrons. The number of nitrogens with one attached hydrogen (secondary N) is 1. The van der Waals surface area contributed by atoms with Gasteiger partial charge in [0.05, 0.1) is 23.6 Å². The SMILES string of the molecule is CCN1CCc2c(cccc2-n2nnc(C(=O)NCc3cc(C)no3)c2C)C1. The van der Waals surface area contributed by atoms with E-state index in [2.05, 4.69) is 38.7 Å². The Bertz CT molecular complexity index is 1010. The van der Waals surface area contributed by atoms with Crippen molar-refractivity contribution in [2.75, 3.05) is 13.1 Å². The first-order valence-corrected chi connectivity index (χ1v) is 9.53. The van der Waals surface area contributed by atoms with Crippen LogP contribution in [0.15, 0.2) is 28.8 Å². The van der Waals surface area contributed by atoms with Crippen LogP contribution in [0, 0.1) is 13.8 Å². The Morgan fingerprint density at radius 2 is 2.18 bits per heavy atom. The maximum Gasteiger partial charge on any atom is 0.274 e. The molecule has 146 valence electrons. The van der Waals surface area contributed by atoms with Gasteiger partial charge in [-0.1, -0.05) is 29.4 Å². The third kappa shape index (κ3) is 3.43. The van der Waals surface area contributed by atoms with Crippen LogP contribution in [-0.2, 0) is 19.5 Å². The van der Waals surface area contributed by atoms with Crippen LogP contribution in [0.5, 0.6) is 0 Å². The van der Waals surface area contributed by atoms with Gasteiger partial charge >= 0.3 is 0 Å².